The van der Waals surface area contributed by atoms with Crippen LogP contribution in [0.3, 0.4) is 0 Å². The first-order valence-electron chi connectivity index (χ1n) is 8.64. The molecule has 0 atom stereocenters. The van der Waals surface area contributed by atoms with E-state index in [0.29, 0.717) is 5.56 Å². The van der Waals surface area contributed by atoms with Gasteiger partial charge in [0, 0.05) is 30.1 Å². The highest BCUT2D eigenvalue weighted by atomic mass is 16.3. The average Bonchev–Trinajstić information content (AvgIpc) is 3.03. The van der Waals surface area contributed by atoms with Crippen molar-refractivity contribution in [3.8, 4) is 6.07 Å². The first kappa shape index (κ1) is 15.0. The van der Waals surface area contributed by atoms with Gasteiger partial charge in [-0.05, 0) is 43.0 Å². The van der Waals surface area contributed by atoms with Gasteiger partial charge in [-0.3, -0.25) is 0 Å². The summed E-state index contributed by atoms with van der Waals surface area (Å²) in [5.74, 6) is 0. The van der Waals surface area contributed by atoms with Gasteiger partial charge in [0.05, 0.1) is 28.1 Å². The fourth-order valence-corrected chi connectivity index (χ4v) is 4.33. The Hall–Kier alpha value is -3.32. The molecule has 4 nitrogen and oxygen atoms in total. The summed E-state index contributed by atoms with van der Waals surface area (Å²) < 4.78 is 10.7. The molecule has 0 amide bonds. The van der Waals surface area contributed by atoms with Crippen LogP contribution in [0, 0.1) is 25.2 Å². The molecular weight excluding hydrogens is 322 g/mol. The van der Waals surface area contributed by atoms with Gasteiger partial charge in [-0.15, -0.1) is 0 Å². The van der Waals surface area contributed by atoms with Crippen molar-refractivity contribution in [1.29, 1.82) is 5.26 Å². The van der Waals surface area contributed by atoms with Gasteiger partial charge in [0.2, 0.25) is 5.52 Å². The third-order valence-electron chi connectivity index (χ3n) is 5.55. The predicted molar refractivity (Wildman–Crippen MR) is 103 cm³/mol. The number of aromatic nitrogens is 2. The smallest absolute Gasteiger partial charge is 0.219 e. The van der Waals surface area contributed by atoms with Crippen molar-refractivity contribution in [2.24, 2.45) is 14.1 Å². The van der Waals surface area contributed by atoms with Crippen LogP contribution in [0.1, 0.15) is 16.7 Å². The predicted octanol–water partition coefficient (Wildman–Crippen LogP) is 4.54. The first-order valence-corrected chi connectivity index (χ1v) is 8.64. The Balaban J connectivity index is 2.20. The van der Waals surface area contributed by atoms with Crippen LogP contribution in [0.15, 0.2) is 41.1 Å². The van der Waals surface area contributed by atoms with E-state index < -0.39 is 0 Å². The number of nitriles is 1. The molecule has 3 aromatic heterocycles. The van der Waals surface area contributed by atoms with Crippen molar-refractivity contribution in [3.05, 3.63) is 53.3 Å². The standard InChI is InChI=1S/C22H18N3O/c1-12-16-6-8-24(3)20(16)13(2)22-18(12)21-19-15(5-7-25(21)4)9-14(11-23)10-17(19)26-22/h5-10H,1-4H3/q+1. The number of hydrogen-bond acceptors (Lipinski definition) is 2. The van der Waals surface area contributed by atoms with Gasteiger partial charge in [-0.25, -0.2) is 4.57 Å². The van der Waals surface area contributed by atoms with Gasteiger partial charge in [0.15, 0.2) is 6.20 Å². The summed E-state index contributed by atoms with van der Waals surface area (Å²) in [4.78, 5) is 0. The van der Waals surface area contributed by atoms with Gasteiger partial charge < -0.3 is 8.98 Å². The van der Waals surface area contributed by atoms with Crippen molar-refractivity contribution in [1.82, 2.24) is 4.57 Å². The van der Waals surface area contributed by atoms with Crippen molar-refractivity contribution < 1.29 is 8.98 Å². The molecule has 2 aromatic carbocycles. The van der Waals surface area contributed by atoms with E-state index in [4.69, 9.17) is 4.42 Å². The van der Waals surface area contributed by atoms with Crippen LogP contribution in [0.25, 0.3) is 43.7 Å². The molecule has 0 unspecified atom stereocenters. The van der Waals surface area contributed by atoms with E-state index in [9.17, 15) is 5.26 Å². The fraction of sp³-hybridized carbons (Fsp3) is 0.182. The zero-order valence-corrected chi connectivity index (χ0v) is 15.2. The maximum Gasteiger partial charge on any atom is 0.219 e. The normalized spacial score (nSPS) is 11.8. The Morgan fingerprint density at radius 1 is 1.12 bits per heavy atom. The number of aryl methyl sites for hydroxylation is 4. The molecule has 26 heavy (non-hydrogen) atoms. The summed E-state index contributed by atoms with van der Waals surface area (Å²) in [7, 11) is 4.13. The highest BCUT2D eigenvalue weighted by Crippen LogP contribution is 2.39. The topological polar surface area (TPSA) is 45.7 Å². The molecule has 5 aromatic rings. The number of benzene rings is 2. The second kappa shape index (κ2) is 4.86. The molecule has 3 heterocycles. The van der Waals surface area contributed by atoms with Crippen LogP contribution < -0.4 is 4.57 Å². The van der Waals surface area contributed by atoms with Crippen molar-refractivity contribution in [2.45, 2.75) is 13.8 Å². The van der Waals surface area contributed by atoms with Crippen molar-refractivity contribution in [2.75, 3.05) is 0 Å². The van der Waals surface area contributed by atoms with E-state index in [0.717, 1.165) is 38.4 Å². The third kappa shape index (κ3) is 1.70. The molecule has 0 saturated heterocycles. The van der Waals surface area contributed by atoms with Gasteiger partial charge in [-0.2, -0.15) is 5.26 Å². The molecule has 0 radical (unpaired) electrons. The summed E-state index contributed by atoms with van der Waals surface area (Å²) >= 11 is 0. The van der Waals surface area contributed by atoms with E-state index in [1.54, 1.807) is 0 Å². The number of rotatable bonds is 0. The highest BCUT2D eigenvalue weighted by Gasteiger charge is 2.22. The van der Waals surface area contributed by atoms with Crippen LogP contribution >= 0.6 is 0 Å². The molecule has 0 saturated carbocycles. The summed E-state index contributed by atoms with van der Waals surface area (Å²) in [6.07, 6.45) is 4.15. The van der Waals surface area contributed by atoms with Crippen LogP contribution in [0.4, 0.5) is 0 Å². The maximum absolute atomic E-state index is 9.39. The number of hydrogen-bond donors (Lipinski definition) is 0. The third-order valence-corrected chi connectivity index (χ3v) is 5.55. The Labute approximate surface area is 150 Å². The van der Waals surface area contributed by atoms with E-state index in [2.05, 4.69) is 61.6 Å². The van der Waals surface area contributed by atoms with Crippen LogP contribution in [-0.4, -0.2) is 4.57 Å². The Bertz CT molecular complexity index is 1430. The number of nitrogens with zero attached hydrogens (tertiary/aromatic N) is 3. The molecule has 0 N–H and O–H groups in total. The number of fused-ring (bicyclic) bond motifs is 3. The van der Waals surface area contributed by atoms with Gasteiger partial charge >= 0.3 is 0 Å². The average molecular weight is 340 g/mol. The zero-order chi connectivity index (χ0) is 18.2. The quantitative estimate of drug-likeness (QED) is 0.236. The molecule has 0 bridgehead atoms. The minimum absolute atomic E-state index is 0.616. The van der Waals surface area contributed by atoms with Crippen LogP contribution in [0.2, 0.25) is 0 Å². The van der Waals surface area contributed by atoms with Crippen molar-refractivity contribution in [3.63, 3.8) is 0 Å². The lowest BCUT2D eigenvalue weighted by Gasteiger charge is -2.16. The lowest BCUT2D eigenvalue weighted by molar-refractivity contribution is -0.642. The Morgan fingerprint density at radius 2 is 1.92 bits per heavy atom. The summed E-state index contributed by atoms with van der Waals surface area (Å²) in [5, 5.41) is 13.9. The lowest BCUT2D eigenvalue weighted by Crippen LogP contribution is -2.25. The number of pyridine rings is 1. The molecule has 0 fully saturated rings. The minimum atomic E-state index is 0.616. The van der Waals surface area contributed by atoms with Crippen LogP contribution in [-0.2, 0) is 14.1 Å². The first-order chi connectivity index (χ1) is 12.5. The molecule has 4 heteroatoms. The van der Waals surface area contributed by atoms with E-state index in [-0.39, 0.29) is 0 Å². The SMILES string of the molecule is Cc1c2cc[n+](C)c2c(C)c2oc3cc(C#N)cc4ccn(C)c(c12)c43. The molecule has 0 spiro atoms. The van der Waals surface area contributed by atoms with Crippen molar-refractivity contribution >= 4 is 43.7 Å². The Kier molecular flexibility index (Phi) is 2.80. The second-order valence-electron chi connectivity index (χ2n) is 7.07. The summed E-state index contributed by atoms with van der Waals surface area (Å²) in [6.45, 7) is 4.28. The molecule has 0 aliphatic carbocycles. The highest BCUT2D eigenvalue weighted by molar-refractivity contribution is 6.20. The van der Waals surface area contributed by atoms with Crippen LogP contribution in [0.5, 0.6) is 0 Å². The van der Waals surface area contributed by atoms with Gasteiger partial charge in [-0.1, -0.05) is 0 Å². The van der Waals surface area contributed by atoms with E-state index in [1.807, 2.05) is 18.2 Å². The van der Waals surface area contributed by atoms with E-state index in [1.165, 1.54) is 16.5 Å². The maximum atomic E-state index is 9.39. The second-order valence-corrected chi connectivity index (χ2v) is 7.07. The van der Waals surface area contributed by atoms with Gasteiger partial charge in [0.25, 0.3) is 0 Å². The molecular formula is C22H18N3O+. The molecule has 126 valence electrons. The molecule has 5 rings (SSSR count). The van der Waals surface area contributed by atoms with E-state index >= 15 is 0 Å². The Morgan fingerprint density at radius 3 is 2.69 bits per heavy atom. The zero-order valence-electron chi connectivity index (χ0n) is 15.2. The minimum Gasteiger partial charge on any atom is -0.455 e. The lowest BCUT2D eigenvalue weighted by atomic mass is 9.97. The molecule has 0 aliphatic heterocycles. The summed E-state index contributed by atoms with van der Waals surface area (Å²) in [5.41, 5.74) is 6.95. The van der Waals surface area contributed by atoms with Gasteiger partial charge in [0.1, 0.15) is 18.2 Å². The largest absolute Gasteiger partial charge is 0.455 e. The monoisotopic (exact) mass is 340 g/mol. The summed E-state index contributed by atoms with van der Waals surface area (Å²) in [6, 6.07) is 10.2. The molecule has 0 aliphatic rings. The fourth-order valence-electron chi connectivity index (χ4n) is 4.33.